The highest BCUT2D eigenvalue weighted by Crippen LogP contribution is 2.26. The van der Waals surface area contributed by atoms with Crippen LogP contribution in [0.4, 0.5) is 0 Å². The minimum atomic E-state index is -3.71. The SMILES string of the molecule is O=C(O)c1csc(S(=O)(=O)N2CCN(C(=O)C3CC=CCC3)CC2)c1. The molecule has 1 aromatic rings. The largest absolute Gasteiger partial charge is 0.478 e. The molecule has 9 heteroatoms. The predicted molar refractivity (Wildman–Crippen MR) is 93.1 cm³/mol. The van der Waals surface area contributed by atoms with Crippen molar-refractivity contribution in [1.29, 1.82) is 0 Å². The van der Waals surface area contributed by atoms with Gasteiger partial charge in [0.05, 0.1) is 5.56 Å². The summed E-state index contributed by atoms with van der Waals surface area (Å²) in [4.78, 5) is 25.2. The molecule has 0 bridgehead atoms. The molecule has 1 atom stereocenters. The zero-order valence-electron chi connectivity index (χ0n) is 13.6. The average Bonchev–Trinajstić information content (AvgIpc) is 3.13. The molecule has 1 aromatic heterocycles. The number of carboxylic acids is 1. The van der Waals surface area contributed by atoms with Crippen molar-refractivity contribution in [3.05, 3.63) is 29.2 Å². The van der Waals surface area contributed by atoms with Crippen LogP contribution < -0.4 is 0 Å². The summed E-state index contributed by atoms with van der Waals surface area (Å²) in [5.41, 5.74) is -0.0252. The number of carbonyl (C=O) groups is 2. The van der Waals surface area contributed by atoms with E-state index in [0.717, 1.165) is 30.6 Å². The predicted octanol–water partition coefficient (Wildman–Crippen LogP) is 1.64. The van der Waals surface area contributed by atoms with Crippen LogP contribution in [0.3, 0.4) is 0 Å². The van der Waals surface area contributed by atoms with Crippen LogP contribution in [0.25, 0.3) is 0 Å². The summed E-state index contributed by atoms with van der Waals surface area (Å²) in [6.45, 7) is 1.21. The molecule has 1 saturated heterocycles. The zero-order valence-corrected chi connectivity index (χ0v) is 15.3. The quantitative estimate of drug-likeness (QED) is 0.796. The van der Waals surface area contributed by atoms with E-state index in [4.69, 9.17) is 5.11 Å². The molecule has 3 rings (SSSR count). The van der Waals surface area contributed by atoms with Gasteiger partial charge in [-0.25, -0.2) is 13.2 Å². The maximum Gasteiger partial charge on any atom is 0.336 e. The minimum absolute atomic E-state index is 0.00331. The first-order chi connectivity index (χ1) is 11.9. The van der Waals surface area contributed by atoms with Crippen LogP contribution >= 0.6 is 11.3 Å². The van der Waals surface area contributed by atoms with Gasteiger partial charge in [0.15, 0.2) is 0 Å². The molecule has 1 amide bonds. The molecule has 0 aromatic carbocycles. The summed E-state index contributed by atoms with van der Waals surface area (Å²) in [5, 5.41) is 10.3. The Morgan fingerprint density at radius 1 is 1.16 bits per heavy atom. The Bertz CT molecular complexity index is 791. The van der Waals surface area contributed by atoms with Crippen LogP contribution in [0.5, 0.6) is 0 Å². The van der Waals surface area contributed by atoms with Crippen molar-refractivity contribution in [2.24, 2.45) is 5.92 Å². The van der Waals surface area contributed by atoms with Crippen LogP contribution in [0.1, 0.15) is 29.6 Å². The smallest absolute Gasteiger partial charge is 0.336 e. The number of carboxylic acid groups (broad SMARTS) is 1. The fourth-order valence-corrected chi connectivity index (χ4v) is 5.84. The minimum Gasteiger partial charge on any atom is -0.478 e. The lowest BCUT2D eigenvalue weighted by molar-refractivity contribution is -0.137. The molecule has 0 saturated carbocycles. The maximum atomic E-state index is 12.6. The fourth-order valence-electron chi connectivity index (χ4n) is 3.12. The average molecular weight is 384 g/mol. The maximum absolute atomic E-state index is 12.6. The van der Waals surface area contributed by atoms with Gasteiger partial charge in [-0.05, 0) is 25.3 Å². The highest BCUT2D eigenvalue weighted by molar-refractivity contribution is 7.91. The first-order valence-electron chi connectivity index (χ1n) is 8.15. The van der Waals surface area contributed by atoms with E-state index in [1.54, 1.807) is 4.90 Å². The molecule has 0 spiro atoms. The van der Waals surface area contributed by atoms with E-state index in [9.17, 15) is 18.0 Å². The second-order valence-corrected chi connectivity index (χ2v) is 9.25. The number of aromatic carboxylic acids is 1. The number of sulfonamides is 1. The molecule has 1 unspecified atom stereocenters. The summed E-state index contributed by atoms with van der Waals surface area (Å²) >= 11 is 0.910. The highest BCUT2D eigenvalue weighted by atomic mass is 32.2. The van der Waals surface area contributed by atoms with E-state index in [2.05, 4.69) is 6.08 Å². The van der Waals surface area contributed by atoms with E-state index in [0.29, 0.717) is 13.1 Å². The number of piperazine rings is 1. The zero-order chi connectivity index (χ0) is 18.0. The van der Waals surface area contributed by atoms with Gasteiger partial charge in [0, 0.05) is 37.5 Å². The van der Waals surface area contributed by atoms with Gasteiger partial charge in [-0.15, -0.1) is 11.3 Å². The Morgan fingerprint density at radius 3 is 2.44 bits per heavy atom. The summed E-state index contributed by atoms with van der Waals surface area (Å²) in [6.07, 6.45) is 6.63. The number of allylic oxidation sites excluding steroid dienone is 2. The summed E-state index contributed by atoms with van der Waals surface area (Å²) in [5.74, 6) is -1.04. The summed E-state index contributed by atoms with van der Waals surface area (Å²) in [7, 11) is -3.71. The second-order valence-electron chi connectivity index (χ2n) is 6.17. The summed E-state index contributed by atoms with van der Waals surface area (Å²) in [6, 6.07) is 1.19. The number of amides is 1. The third-order valence-electron chi connectivity index (χ3n) is 4.59. The van der Waals surface area contributed by atoms with Gasteiger partial charge < -0.3 is 10.0 Å². The van der Waals surface area contributed by atoms with Crippen molar-refractivity contribution in [1.82, 2.24) is 9.21 Å². The number of carbonyl (C=O) groups excluding carboxylic acids is 1. The Morgan fingerprint density at radius 2 is 1.88 bits per heavy atom. The van der Waals surface area contributed by atoms with Gasteiger partial charge >= 0.3 is 5.97 Å². The van der Waals surface area contributed by atoms with E-state index in [-0.39, 0.29) is 34.7 Å². The van der Waals surface area contributed by atoms with Crippen molar-refractivity contribution in [2.45, 2.75) is 23.5 Å². The normalized spacial score (nSPS) is 22.1. The van der Waals surface area contributed by atoms with E-state index in [1.165, 1.54) is 15.8 Å². The second kappa shape index (κ2) is 7.27. The molecule has 1 N–H and O–H groups in total. The van der Waals surface area contributed by atoms with Crippen molar-refractivity contribution in [2.75, 3.05) is 26.2 Å². The lowest BCUT2D eigenvalue weighted by Crippen LogP contribution is -2.51. The Hall–Kier alpha value is -1.71. The Labute approximate surface area is 150 Å². The van der Waals surface area contributed by atoms with Gasteiger partial charge in [0.1, 0.15) is 4.21 Å². The molecular formula is C16H20N2O5S2. The van der Waals surface area contributed by atoms with Crippen molar-refractivity contribution in [3.63, 3.8) is 0 Å². The summed E-state index contributed by atoms with van der Waals surface area (Å²) < 4.78 is 26.6. The van der Waals surface area contributed by atoms with Crippen molar-refractivity contribution in [3.8, 4) is 0 Å². The number of thiophene rings is 1. The molecule has 136 valence electrons. The van der Waals surface area contributed by atoms with Crippen LogP contribution in [0, 0.1) is 5.92 Å². The lowest BCUT2D eigenvalue weighted by Gasteiger charge is -2.35. The van der Waals surface area contributed by atoms with Crippen LogP contribution in [-0.2, 0) is 14.8 Å². The molecule has 1 fully saturated rings. The third-order valence-corrected chi connectivity index (χ3v) is 7.90. The Balaban J connectivity index is 1.63. The fraction of sp³-hybridized carbons (Fsp3) is 0.500. The van der Waals surface area contributed by atoms with Crippen molar-refractivity contribution >= 4 is 33.2 Å². The first kappa shape index (κ1) is 18.1. The van der Waals surface area contributed by atoms with Crippen molar-refractivity contribution < 1.29 is 23.1 Å². The van der Waals surface area contributed by atoms with Gasteiger partial charge in [0.25, 0.3) is 10.0 Å². The highest BCUT2D eigenvalue weighted by Gasteiger charge is 2.33. The van der Waals surface area contributed by atoms with Crippen LogP contribution in [0.15, 0.2) is 27.8 Å². The monoisotopic (exact) mass is 384 g/mol. The molecule has 25 heavy (non-hydrogen) atoms. The number of nitrogens with zero attached hydrogens (tertiary/aromatic N) is 2. The molecule has 2 heterocycles. The van der Waals surface area contributed by atoms with Gasteiger partial charge in [-0.3, -0.25) is 4.79 Å². The molecule has 1 aliphatic carbocycles. The van der Waals surface area contributed by atoms with E-state index < -0.39 is 16.0 Å². The number of hydrogen-bond donors (Lipinski definition) is 1. The lowest BCUT2D eigenvalue weighted by atomic mass is 9.93. The van der Waals surface area contributed by atoms with Gasteiger partial charge in [-0.2, -0.15) is 4.31 Å². The van der Waals surface area contributed by atoms with E-state index in [1.807, 2.05) is 6.08 Å². The van der Waals surface area contributed by atoms with Crippen LogP contribution in [0.2, 0.25) is 0 Å². The molecule has 2 aliphatic rings. The number of hydrogen-bond acceptors (Lipinski definition) is 5. The molecule has 0 radical (unpaired) electrons. The molecule has 1 aliphatic heterocycles. The number of rotatable bonds is 4. The van der Waals surface area contributed by atoms with Gasteiger partial charge in [-0.1, -0.05) is 12.2 Å². The first-order valence-corrected chi connectivity index (χ1v) is 10.5. The third kappa shape index (κ3) is 3.78. The standard InChI is InChI=1S/C16H20N2O5S2/c19-15(12-4-2-1-3-5-12)17-6-8-18(9-7-17)25(22,23)14-10-13(11-24-14)16(20)21/h1-2,10-12H,3-9H2,(H,20,21). The molecule has 7 nitrogen and oxygen atoms in total. The van der Waals surface area contributed by atoms with E-state index >= 15 is 0 Å². The molecular weight excluding hydrogens is 364 g/mol. The Kier molecular flexibility index (Phi) is 5.26. The topological polar surface area (TPSA) is 95.0 Å². The van der Waals surface area contributed by atoms with Gasteiger partial charge in [0.2, 0.25) is 5.91 Å². The van der Waals surface area contributed by atoms with Crippen LogP contribution in [-0.4, -0.2) is 60.8 Å².